The zero-order chi connectivity index (χ0) is 18.8. The molecule has 27 heavy (non-hydrogen) atoms. The Bertz CT molecular complexity index is 1180. The van der Waals surface area contributed by atoms with Gasteiger partial charge in [0.2, 0.25) is 5.88 Å². The summed E-state index contributed by atoms with van der Waals surface area (Å²) in [5, 5.41) is 20.6. The molecule has 6 nitrogen and oxygen atoms in total. The number of halogens is 1. The van der Waals surface area contributed by atoms with Crippen LogP contribution in [0.3, 0.4) is 0 Å². The van der Waals surface area contributed by atoms with Crippen LogP contribution in [0, 0.1) is 0 Å². The maximum absolute atomic E-state index is 12.0. The van der Waals surface area contributed by atoms with Crippen molar-refractivity contribution in [3.8, 4) is 11.6 Å². The third-order valence-electron chi connectivity index (χ3n) is 4.06. The molecule has 4 aromatic rings. The van der Waals surface area contributed by atoms with Gasteiger partial charge in [-0.25, -0.2) is 0 Å². The minimum atomic E-state index is -0.570. The summed E-state index contributed by atoms with van der Waals surface area (Å²) in [6.45, 7) is -0.258. The molecule has 0 aliphatic rings. The number of rotatable bonds is 4. The molecule has 0 aliphatic carbocycles. The quantitative estimate of drug-likeness (QED) is 0.467. The Morgan fingerprint density at radius 3 is 2.74 bits per heavy atom. The fourth-order valence-electron chi connectivity index (χ4n) is 2.77. The maximum Gasteiger partial charge on any atom is 0.302 e. The van der Waals surface area contributed by atoms with Gasteiger partial charge in [0.15, 0.2) is 12.3 Å². The second-order valence-electron chi connectivity index (χ2n) is 5.90. The Morgan fingerprint density at radius 1 is 1.07 bits per heavy atom. The van der Waals surface area contributed by atoms with Gasteiger partial charge in [0.05, 0.1) is 5.52 Å². The lowest BCUT2D eigenvalue weighted by atomic mass is 10.1. The molecular weight excluding hydrogens is 366 g/mol. The SMILES string of the molecule is O=C(COc1ccc2ccccc2c1)N=Nc1c(O)[nH]c2ccc(Cl)cc12. The average molecular weight is 380 g/mol. The molecule has 0 saturated heterocycles. The van der Waals surface area contributed by atoms with E-state index in [9.17, 15) is 9.90 Å². The first kappa shape index (κ1) is 17.1. The predicted molar refractivity (Wildman–Crippen MR) is 104 cm³/mol. The first-order chi connectivity index (χ1) is 13.1. The molecule has 0 aliphatic heterocycles. The molecule has 1 aromatic heterocycles. The van der Waals surface area contributed by atoms with Gasteiger partial charge in [-0.3, -0.25) is 4.79 Å². The largest absolute Gasteiger partial charge is 0.493 e. The third-order valence-corrected chi connectivity index (χ3v) is 4.29. The van der Waals surface area contributed by atoms with Crippen LogP contribution in [0.5, 0.6) is 11.6 Å². The highest BCUT2D eigenvalue weighted by Crippen LogP contribution is 2.36. The fraction of sp³-hybridized carbons (Fsp3) is 0.0500. The van der Waals surface area contributed by atoms with Gasteiger partial charge in [-0.05, 0) is 41.1 Å². The van der Waals surface area contributed by atoms with Crippen LogP contribution < -0.4 is 4.74 Å². The van der Waals surface area contributed by atoms with Crippen LogP contribution in [0.4, 0.5) is 5.69 Å². The van der Waals surface area contributed by atoms with Gasteiger partial charge >= 0.3 is 5.91 Å². The number of aromatic nitrogens is 1. The van der Waals surface area contributed by atoms with E-state index >= 15 is 0 Å². The molecule has 0 unspecified atom stereocenters. The molecule has 2 N–H and O–H groups in total. The van der Waals surface area contributed by atoms with Gasteiger partial charge in [0.1, 0.15) is 5.75 Å². The van der Waals surface area contributed by atoms with Crippen molar-refractivity contribution in [2.75, 3.05) is 6.61 Å². The standard InChI is InChI=1S/C20H14ClN3O3/c21-14-6-8-17-16(10-14)19(20(26)22-17)24-23-18(25)11-27-15-7-5-12-3-1-2-4-13(12)9-15/h1-10,22,26H,11H2. The lowest BCUT2D eigenvalue weighted by Crippen LogP contribution is -2.07. The monoisotopic (exact) mass is 379 g/mol. The molecule has 3 aromatic carbocycles. The van der Waals surface area contributed by atoms with Gasteiger partial charge in [-0.15, -0.1) is 10.2 Å². The number of hydrogen-bond acceptors (Lipinski definition) is 4. The number of carbonyl (C=O) groups is 1. The van der Waals surface area contributed by atoms with Gasteiger partial charge < -0.3 is 14.8 Å². The number of aromatic amines is 1. The van der Waals surface area contributed by atoms with E-state index in [1.807, 2.05) is 36.4 Å². The molecule has 0 fully saturated rings. The van der Waals surface area contributed by atoms with Gasteiger partial charge in [0, 0.05) is 10.4 Å². The number of nitrogens with one attached hydrogen (secondary N) is 1. The summed E-state index contributed by atoms with van der Waals surface area (Å²) < 4.78 is 5.49. The van der Waals surface area contributed by atoms with Gasteiger partial charge in [-0.2, -0.15) is 0 Å². The molecule has 4 rings (SSSR count). The van der Waals surface area contributed by atoms with Crippen molar-refractivity contribution in [2.24, 2.45) is 10.2 Å². The summed E-state index contributed by atoms with van der Waals surface area (Å²) in [6.07, 6.45) is 0. The molecule has 7 heteroatoms. The summed E-state index contributed by atoms with van der Waals surface area (Å²) in [4.78, 5) is 14.7. The van der Waals surface area contributed by atoms with E-state index in [1.165, 1.54) is 0 Å². The number of benzene rings is 3. The Hall–Kier alpha value is -3.38. The summed E-state index contributed by atoms with van der Waals surface area (Å²) >= 11 is 5.97. The smallest absolute Gasteiger partial charge is 0.302 e. The highest BCUT2D eigenvalue weighted by atomic mass is 35.5. The third kappa shape index (κ3) is 3.61. The molecule has 134 valence electrons. The van der Waals surface area contributed by atoms with E-state index in [1.54, 1.807) is 24.3 Å². The number of carbonyl (C=O) groups excluding carboxylic acids is 1. The average Bonchev–Trinajstić information content (AvgIpc) is 2.99. The van der Waals surface area contributed by atoms with E-state index in [0.29, 0.717) is 21.7 Å². The molecule has 0 atom stereocenters. The Balaban J connectivity index is 1.47. The molecular formula is C20H14ClN3O3. The molecule has 1 amide bonds. The maximum atomic E-state index is 12.0. The molecule has 1 heterocycles. The molecule has 0 bridgehead atoms. The summed E-state index contributed by atoms with van der Waals surface area (Å²) in [6, 6.07) is 18.5. The van der Waals surface area contributed by atoms with Crippen molar-refractivity contribution >= 4 is 44.9 Å². The van der Waals surface area contributed by atoms with E-state index < -0.39 is 5.91 Å². The highest BCUT2D eigenvalue weighted by molar-refractivity contribution is 6.31. The van der Waals surface area contributed by atoms with E-state index in [2.05, 4.69) is 15.2 Å². The number of H-pyrrole nitrogens is 1. The lowest BCUT2D eigenvalue weighted by molar-refractivity contribution is -0.120. The number of hydrogen-bond donors (Lipinski definition) is 2. The van der Waals surface area contributed by atoms with Crippen molar-refractivity contribution in [2.45, 2.75) is 0 Å². The van der Waals surface area contributed by atoms with Crippen molar-refractivity contribution < 1.29 is 14.6 Å². The van der Waals surface area contributed by atoms with E-state index in [4.69, 9.17) is 16.3 Å². The van der Waals surface area contributed by atoms with E-state index in [-0.39, 0.29) is 18.2 Å². The predicted octanol–water partition coefficient (Wildman–Crippen LogP) is 5.37. The topological polar surface area (TPSA) is 87.0 Å². The first-order valence-corrected chi connectivity index (χ1v) is 8.54. The highest BCUT2D eigenvalue weighted by Gasteiger charge is 2.11. The van der Waals surface area contributed by atoms with Crippen LogP contribution in [0.15, 0.2) is 70.9 Å². The number of ether oxygens (including phenoxy) is 1. The number of amides is 1. The number of azo groups is 1. The minimum absolute atomic E-state index is 0.159. The van der Waals surface area contributed by atoms with Gasteiger partial charge in [-0.1, -0.05) is 41.9 Å². The van der Waals surface area contributed by atoms with Crippen molar-refractivity contribution in [1.29, 1.82) is 0 Å². The number of fused-ring (bicyclic) bond motifs is 2. The van der Waals surface area contributed by atoms with Crippen LogP contribution in [0.1, 0.15) is 0 Å². The summed E-state index contributed by atoms with van der Waals surface area (Å²) in [5.41, 5.74) is 0.803. The van der Waals surface area contributed by atoms with E-state index in [0.717, 1.165) is 10.8 Å². The molecule has 0 radical (unpaired) electrons. The van der Waals surface area contributed by atoms with Crippen LogP contribution in [-0.2, 0) is 4.79 Å². The van der Waals surface area contributed by atoms with Crippen molar-refractivity contribution in [3.63, 3.8) is 0 Å². The van der Waals surface area contributed by atoms with Crippen LogP contribution in [0.25, 0.3) is 21.7 Å². The number of aromatic hydroxyl groups is 1. The van der Waals surface area contributed by atoms with Crippen molar-refractivity contribution in [1.82, 2.24) is 4.98 Å². The zero-order valence-electron chi connectivity index (χ0n) is 14.0. The minimum Gasteiger partial charge on any atom is -0.493 e. The second-order valence-corrected chi connectivity index (χ2v) is 6.34. The lowest BCUT2D eigenvalue weighted by Gasteiger charge is -2.04. The second kappa shape index (κ2) is 7.09. The zero-order valence-corrected chi connectivity index (χ0v) is 14.8. The van der Waals surface area contributed by atoms with Crippen LogP contribution in [0.2, 0.25) is 5.02 Å². The molecule has 0 spiro atoms. The summed E-state index contributed by atoms with van der Waals surface area (Å²) in [5.74, 6) is -0.183. The number of nitrogens with zero attached hydrogens (tertiary/aromatic N) is 2. The Kier molecular flexibility index (Phi) is 4.48. The van der Waals surface area contributed by atoms with Crippen LogP contribution in [-0.4, -0.2) is 22.6 Å². The molecule has 0 saturated carbocycles. The normalized spacial score (nSPS) is 11.4. The Morgan fingerprint density at radius 2 is 1.89 bits per heavy atom. The van der Waals surface area contributed by atoms with Gasteiger partial charge in [0.25, 0.3) is 0 Å². The first-order valence-electron chi connectivity index (χ1n) is 8.16. The van der Waals surface area contributed by atoms with Crippen LogP contribution >= 0.6 is 11.6 Å². The summed E-state index contributed by atoms with van der Waals surface area (Å²) in [7, 11) is 0. The Labute approximate surface area is 159 Å². The fourth-order valence-corrected chi connectivity index (χ4v) is 2.95. The van der Waals surface area contributed by atoms with Crippen molar-refractivity contribution in [3.05, 3.63) is 65.7 Å².